The standard InChI is InChI=1S/C19H21N3S.BrH/c1-2-4-14(5-3-1)17-11-23-19(20-17)22-21-18-15-7-12-6-13(9-15)10-16(18)8-12;/h1-5,11-13,15-16H,6-10H2,(H,20,22);1H. The summed E-state index contributed by atoms with van der Waals surface area (Å²) in [4.78, 5) is 4.68. The number of hydrazone groups is 1. The summed E-state index contributed by atoms with van der Waals surface area (Å²) in [5, 5.41) is 7.83. The normalized spacial score (nSPS) is 30.1. The molecule has 0 radical (unpaired) electrons. The number of rotatable bonds is 3. The van der Waals surface area contributed by atoms with Crippen molar-refractivity contribution in [1.29, 1.82) is 0 Å². The molecule has 4 bridgehead atoms. The van der Waals surface area contributed by atoms with Gasteiger partial charge in [0.1, 0.15) is 0 Å². The Morgan fingerprint density at radius 1 is 0.958 bits per heavy atom. The van der Waals surface area contributed by atoms with Gasteiger partial charge in [-0.3, -0.25) is 5.43 Å². The highest BCUT2D eigenvalue weighted by Gasteiger charge is 2.46. The topological polar surface area (TPSA) is 37.3 Å². The van der Waals surface area contributed by atoms with Crippen LogP contribution in [0.1, 0.15) is 32.1 Å². The van der Waals surface area contributed by atoms with Gasteiger partial charge in [0.15, 0.2) is 0 Å². The van der Waals surface area contributed by atoms with Gasteiger partial charge < -0.3 is 0 Å². The molecule has 4 aliphatic carbocycles. The van der Waals surface area contributed by atoms with Gasteiger partial charge in [0.05, 0.1) is 5.69 Å². The van der Waals surface area contributed by atoms with Gasteiger partial charge in [-0.25, -0.2) is 4.98 Å². The largest absolute Gasteiger partial charge is 0.253 e. The van der Waals surface area contributed by atoms with E-state index in [4.69, 9.17) is 5.10 Å². The molecule has 1 aromatic heterocycles. The van der Waals surface area contributed by atoms with Crippen molar-refractivity contribution in [2.75, 3.05) is 5.43 Å². The quantitative estimate of drug-likeness (QED) is 0.675. The second kappa shape index (κ2) is 6.60. The summed E-state index contributed by atoms with van der Waals surface area (Å²) in [7, 11) is 0. The zero-order chi connectivity index (χ0) is 15.2. The second-order valence-electron chi connectivity index (χ2n) is 7.36. The van der Waals surface area contributed by atoms with Crippen LogP contribution in [-0.2, 0) is 0 Å². The molecule has 0 atom stereocenters. The lowest BCUT2D eigenvalue weighted by Crippen LogP contribution is -2.45. The van der Waals surface area contributed by atoms with Crippen LogP contribution in [0.25, 0.3) is 11.3 Å². The molecule has 0 saturated heterocycles. The van der Waals surface area contributed by atoms with Gasteiger partial charge >= 0.3 is 0 Å². The first-order chi connectivity index (χ1) is 11.3. The summed E-state index contributed by atoms with van der Waals surface area (Å²) in [5.74, 6) is 3.46. The Kier molecular flexibility index (Phi) is 4.48. The van der Waals surface area contributed by atoms with Crippen LogP contribution in [0.4, 0.5) is 5.13 Å². The minimum Gasteiger partial charge on any atom is -0.253 e. The molecule has 0 amide bonds. The average molecular weight is 404 g/mol. The molecule has 1 aromatic carbocycles. The Labute approximate surface area is 157 Å². The fourth-order valence-corrected chi connectivity index (χ4v) is 5.69. The molecule has 4 aliphatic rings. The molecule has 1 heterocycles. The molecule has 6 rings (SSSR count). The van der Waals surface area contributed by atoms with Crippen LogP contribution in [0, 0.1) is 23.7 Å². The summed E-state index contributed by atoms with van der Waals surface area (Å²) >= 11 is 1.64. The maximum absolute atomic E-state index is 4.81. The number of hydrogen-bond donors (Lipinski definition) is 1. The van der Waals surface area contributed by atoms with Gasteiger partial charge in [0.25, 0.3) is 0 Å². The average Bonchev–Trinajstić information content (AvgIpc) is 3.03. The fraction of sp³-hybridized carbons (Fsp3) is 0.474. The molecular formula is C19H22BrN3S. The van der Waals surface area contributed by atoms with Crippen LogP contribution >= 0.6 is 28.3 Å². The highest BCUT2D eigenvalue weighted by atomic mass is 79.9. The zero-order valence-electron chi connectivity index (χ0n) is 13.5. The molecule has 0 aliphatic heterocycles. The van der Waals surface area contributed by atoms with Gasteiger partial charge in [-0.15, -0.1) is 28.3 Å². The Bertz CT molecular complexity index is 710. The molecule has 0 spiro atoms. The van der Waals surface area contributed by atoms with E-state index in [9.17, 15) is 0 Å². The Morgan fingerprint density at radius 2 is 1.62 bits per heavy atom. The van der Waals surface area contributed by atoms with Crippen molar-refractivity contribution in [2.45, 2.75) is 32.1 Å². The maximum Gasteiger partial charge on any atom is 0.203 e. The maximum atomic E-state index is 4.81. The third kappa shape index (κ3) is 2.93. The van der Waals surface area contributed by atoms with Crippen molar-refractivity contribution in [3.05, 3.63) is 35.7 Å². The lowest BCUT2D eigenvalue weighted by atomic mass is 9.55. The van der Waals surface area contributed by atoms with Gasteiger partial charge in [-0.05, 0) is 55.8 Å². The van der Waals surface area contributed by atoms with Crippen molar-refractivity contribution in [3.63, 3.8) is 0 Å². The number of thiazole rings is 1. The second-order valence-corrected chi connectivity index (χ2v) is 8.21. The van der Waals surface area contributed by atoms with Gasteiger partial charge in [0, 0.05) is 16.7 Å². The summed E-state index contributed by atoms with van der Waals surface area (Å²) in [6.07, 6.45) is 6.99. The van der Waals surface area contributed by atoms with Crippen LogP contribution in [0.2, 0.25) is 0 Å². The van der Waals surface area contributed by atoms with E-state index in [0.29, 0.717) is 0 Å². The molecule has 2 aromatic rings. The minimum atomic E-state index is 0. The number of hydrogen-bond acceptors (Lipinski definition) is 4. The molecule has 1 N–H and O–H groups in total. The van der Waals surface area contributed by atoms with Gasteiger partial charge in [-0.1, -0.05) is 30.3 Å². The number of aromatic nitrogens is 1. The number of halogens is 1. The number of anilines is 1. The molecule has 5 heteroatoms. The number of benzene rings is 1. The predicted octanol–water partition coefficient (Wildman–Crippen LogP) is 5.61. The lowest BCUT2D eigenvalue weighted by Gasteiger charge is -2.50. The first-order valence-electron chi connectivity index (χ1n) is 8.69. The van der Waals surface area contributed by atoms with Crippen molar-refractivity contribution in [1.82, 2.24) is 4.98 Å². The van der Waals surface area contributed by atoms with Crippen molar-refractivity contribution in [3.8, 4) is 11.3 Å². The van der Waals surface area contributed by atoms with E-state index in [1.807, 2.05) is 6.07 Å². The molecule has 24 heavy (non-hydrogen) atoms. The smallest absolute Gasteiger partial charge is 0.203 e. The van der Waals surface area contributed by atoms with Crippen LogP contribution < -0.4 is 5.43 Å². The molecule has 4 fully saturated rings. The van der Waals surface area contributed by atoms with E-state index < -0.39 is 0 Å². The monoisotopic (exact) mass is 403 g/mol. The van der Waals surface area contributed by atoms with Crippen LogP contribution in [0.5, 0.6) is 0 Å². The Morgan fingerprint density at radius 3 is 2.29 bits per heavy atom. The third-order valence-corrected chi connectivity index (χ3v) is 6.58. The summed E-state index contributed by atoms with van der Waals surface area (Å²) in [6, 6.07) is 10.3. The third-order valence-electron chi connectivity index (χ3n) is 5.83. The van der Waals surface area contributed by atoms with Crippen LogP contribution in [0.3, 0.4) is 0 Å². The lowest BCUT2D eigenvalue weighted by molar-refractivity contribution is 0.108. The Hall–Kier alpha value is -1.20. The van der Waals surface area contributed by atoms with Crippen molar-refractivity contribution < 1.29 is 0 Å². The summed E-state index contributed by atoms with van der Waals surface area (Å²) in [5.41, 5.74) is 6.89. The zero-order valence-corrected chi connectivity index (χ0v) is 16.0. The van der Waals surface area contributed by atoms with Gasteiger partial charge in [-0.2, -0.15) is 5.10 Å². The SMILES string of the molecule is Br.c1ccc(-c2csc(NN=C3C4CC5CC(C4)CC3C5)n2)cc1. The molecule has 4 saturated carbocycles. The van der Waals surface area contributed by atoms with Gasteiger partial charge in [0.2, 0.25) is 5.13 Å². The molecule has 3 nitrogen and oxygen atoms in total. The van der Waals surface area contributed by atoms with Crippen molar-refractivity contribution in [2.24, 2.45) is 28.8 Å². The first-order valence-corrected chi connectivity index (χ1v) is 9.57. The highest BCUT2D eigenvalue weighted by molar-refractivity contribution is 8.93. The van der Waals surface area contributed by atoms with E-state index in [0.717, 1.165) is 34.5 Å². The van der Waals surface area contributed by atoms with E-state index >= 15 is 0 Å². The summed E-state index contributed by atoms with van der Waals surface area (Å²) in [6.45, 7) is 0. The van der Waals surface area contributed by atoms with E-state index in [2.05, 4.69) is 40.1 Å². The van der Waals surface area contributed by atoms with E-state index in [1.165, 1.54) is 43.4 Å². The predicted molar refractivity (Wildman–Crippen MR) is 106 cm³/mol. The number of nitrogens with one attached hydrogen (secondary N) is 1. The Balaban J connectivity index is 0.00000146. The molecule has 0 unspecified atom stereocenters. The van der Waals surface area contributed by atoms with Crippen LogP contribution in [-0.4, -0.2) is 10.7 Å². The first kappa shape index (κ1) is 16.3. The van der Waals surface area contributed by atoms with Crippen molar-refractivity contribution >= 4 is 39.2 Å². The molecular weight excluding hydrogens is 382 g/mol. The van der Waals surface area contributed by atoms with E-state index in [1.54, 1.807) is 11.3 Å². The summed E-state index contributed by atoms with van der Waals surface area (Å²) < 4.78 is 0. The minimum absolute atomic E-state index is 0. The molecule has 126 valence electrons. The highest BCUT2D eigenvalue weighted by Crippen LogP contribution is 2.52. The number of nitrogens with zero attached hydrogens (tertiary/aromatic N) is 2. The van der Waals surface area contributed by atoms with E-state index in [-0.39, 0.29) is 17.0 Å². The fourth-order valence-electron chi connectivity index (χ4n) is 5.03. The van der Waals surface area contributed by atoms with Crippen LogP contribution in [0.15, 0.2) is 40.8 Å².